The quantitative estimate of drug-likeness (QED) is 0.816. The van der Waals surface area contributed by atoms with E-state index in [0.29, 0.717) is 0 Å². The van der Waals surface area contributed by atoms with E-state index in [2.05, 4.69) is 10.6 Å². The van der Waals surface area contributed by atoms with Gasteiger partial charge >= 0.3 is 0 Å². The number of phenolic OH excluding ortho intramolecular Hbond substituents is 1. The molecule has 3 N–H and O–H groups in total. The highest BCUT2D eigenvalue weighted by Crippen LogP contribution is 2.21. The second-order valence-electron chi connectivity index (χ2n) is 4.49. The smallest absolute Gasteiger partial charge is 0.258 e. The van der Waals surface area contributed by atoms with Crippen LogP contribution < -0.4 is 10.6 Å². The molecule has 22 heavy (non-hydrogen) atoms. The molecule has 0 saturated heterocycles. The van der Waals surface area contributed by atoms with Crippen molar-refractivity contribution < 1.29 is 23.5 Å². The molecule has 0 heterocycles. The number of hydrogen-bond acceptors (Lipinski definition) is 3. The van der Waals surface area contributed by atoms with Gasteiger partial charge in [-0.2, -0.15) is 0 Å². The van der Waals surface area contributed by atoms with E-state index in [-0.39, 0.29) is 22.7 Å². The average Bonchev–Trinajstić information content (AvgIpc) is 2.41. The first-order valence-corrected chi connectivity index (χ1v) is 6.24. The number of hydrogen-bond donors (Lipinski definition) is 3. The maximum atomic E-state index is 13.6. The van der Waals surface area contributed by atoms with E-state index >= 15 is 0 Å². The van der Waals surface area contributed by atoms with Crippen LogP contribution >= 0.6 is 0 Å². The Morgan fingerprint density at radius 2 is 1.73 bits per heavy atom. The molecule has 0 aromatic heterocycles. The number of anilines is 2. The van der Waals surface area contributed by atoms with Gasteiger partial charge in [0.1, 0.15) is 17.4 Å². The van der Waals surface area contributed by atoms with Gasteiger partial charge in [-0.05, 0) is 30.3 Å². The maximum Gasteiger partial charge on any atom is 0.258 e. The second kappa shape index (κ2) is 6.21. The van der Waals surface area contributed by atoms with E-state index in [9.17, 15) is 18.4 Å². The summed E-state index contributed by atoms with van der Waals surface area (Å²) in [6.07, 6.45) is 0. The summed E-state index contributed by atoms with van der Waals surface area (Å²) in [4.78, 5) is 22.9. The highest BCUT2D eigenvalue weighted by atomic mass is 19.1. The Labute approximate surface area is 124 Å². The Hall–Kier alpha value is -2.96. The van der Waals surface area contributed by atoms with Crippen molar-refractivity contribution in [1.29, 1.82) is 0 Å². The van der Waals surface area contributed by atoms with Crippen LogP contribution in [0.15, 0.2) is 36.4 Å². The summed E-state index contributed by atoms with van der Waals surface area (Å²) < 4.78 is 27.1. The normalized spacial score (nSPS) is 10.1. The van der Waals surface area contributed by atoms with Crippen LogP contribution in [0.1, 0.15) is 17.3 Å². The zero-order valence-electron chi connectivity index (χ0n) is 11.5. The predicted molar refractivity (Wildman–Crippen MR) is 76.7 cm³/mol. The van der Waals surface area contributed by atoms with Gasteiger partial charge in [0.2, 0.25) is 5.91 Å². The van der Waals surface area contributed by atoms with Crippen molar-refractivity contribution in [3.8, 4) is 5.75 Å². The third kappa shape index (κ3) is 3.57. The van der Waals surface area contributed by atoms with Gasteiger partial charge in [-0.25, -0.2) is 8.78 Å². The molecule has 5 nitrogen and oxygen atoms in total. The molecule has 2 amide bonds. The van der Waals surface area contributed by atoms with Gasteiger partial charge in [0.05, 0.1) is 11.3 Å². The molecule has 7 heteroatoms. The Morgan fingerprint density at radius 1 is 1.00 bits per heavy atom. The Kier molecular flexibility index (Phi) is 4.36. The lowest BCUT2D eigenvalue weighted by Gasteiger charge is -2.09. The summed E-state index contributed by atoms with van der Waals surface area (Å²) >= 11 is 0. The maximum absolute atomic E-state index is 13.6. The molecule has 2 aromatic carbocycles. The highest BCUT2D eigenvalue weighted by molar-refractivity contribution is 6.05. The second-order valence-corrected chi connectivity index (χ2v) is 4.49. The number of amides is 2. The van der Waals surface area contributed by atoms with Gasteiger partial charge in [0.15, 0.2) is 0 Å². The van der Waals surface area contributed by atoms with E-state index in [4.69, 9.17) is 5.11 Å². The van der Waals surface area contributed by atoms with Crippen LogP contribution in [-0.2, 0) is 4.79 Å². The van der Waals surface area contributed by atoms with Crippen LogP contribution in [0.3, 0.4) is 0 Å². The first kappa shape index (κ1) is 15.4. The van der Waals surface area contributed by atoms with E-state index in [1.54, 1.807) is 0 Å². The van der Waals surface area contributed by atoms with E-state index in [1.165, 1.54) is 25.1 Å². The van der Waals surface area contributed by atoms with Crippen molar-refractivity contribution in [2.75, 3.05) is 10.6 Å². The van der Waals surface area contributed by atoms with Crippen LogP contribution in [0.4, 0.5) is 20.2 Å². The number of aromatic hydroxyl groups is 1. The molecule has 0 atom stereocenters. The number of halogens is 2. The topological polar surface area (TPSA) is 78.4 Å². The first-order chi connectivity index (χ1) is 10.4. The zero-order valence-corrected chi connectivity index (χ0v) is 11.5. The number of nitrogens with one attached hydrogen (secondary N) is 2. The fourth-order valence-corrected chi connectivity index (χ4v) is 1.78. The van der Waals surface area contributed by atoms with E-state index in [0.717, 1.165) is 18.2 Å². The summed E-state index contributed by atoms with van der Waals surface area (Å²) in [6, 6.07) is 6.66. The zero-order chi connectivity index (χ0) is 16.3. The van der Waals surface area contributed by atoms with Crippen molar-refractivity contribution in [3.63, 3.8) is 0 Å². The van der Waals surface area contributed by atoms with Gasteiger partial charge in [-0.3, -0.25) is 9.59 Å². The Balaban J connectivity index is 2.23. The number of carbonyl (C=O) groups excluding carboxylic acids is 2. The number of benzene rings is 2. The van der Waals surface area contributed by atoms with Crippen molar-refractivity contribution >= 4 is 23.2 Å². The number of phenols is 1. The minimum Gasteiger partial charge on any atom is -0.508 e. The predicted octanol–water partition coefficient (Wildman–Crippen LogP) is 2.88. The molecule has 0 aliphatic carbocycles. The largest absolute Gasteiger partial charge is 0.508 e. The fraction of sp³-hybridized carbons (Fsp3) is 0.0667. The minimum atomic E-state index is -0.887. The molecule has 0 fully saturated rings. The summed E-state index contributed by atoms with van der Waals surface area (Å²) in [5.74, 6) is -3.08. The van der Waals surface area contributed by atoms with E-state index in [1.807, 2.05) is 0 Å². The summed E-state index contributed by atoms with van der Waals surface area (Å²) in [5.41, 5.74) is -0.192. The highest BCUT2D eigenvalue weighted by Gasteiger charge is 2.13. The SMILES string of the molecule is CC(=O)Nc1cc(NC(=O)c2ccc(O)cc2F)ccc1F. The van der Waals surface area contributed by atoms with Crippen LogP contribution in [-0.4, -0.2) is 16.9 Å². The molecule has 0 saturated carbocycles. The van der Waals surface area contributed by atoms with Crippen LogP contribution in [0.2, 0.25) is 0 Å². The van der Waals surface area contributed by atoms with Crippen molar-refractivity contribution in [1.82, 2.24) is 0 Å². The van der Waals surface area contributed by atoms with Crippen molar-refractivity contribution in [3.05, 3.63) is 53.6 Å². The molecular formula is C15H12F2N2O3. The molecule has 2 rings (SSSR count). The third-order valence-electron chi connectivity index (χ3n) is 2.73. The molecule has 0 unspecified atom stereocenters. The van der Waals surface area contributed by atoms with Crippen LogP contribution in [0.25, 0.3) is 0 Å². The Bertz CT molecular complexity index is 748. The van der Waals surface area contributed by atoms with E-state index < -0.39 is 23.4 Å². The van der Waals surface area contributed by atoms with Crippen LogP contribution in [0, 0.1) is 11.6 Å². The van der Waals surface area contributed by atoms with Gasteiger partial charge in [0, 0.05) is 18.7 Å². The summed E-state index contributed by atoms with van der Waals surface area (Å²) in [7, 11) is 0. The lowest BCUT2D eigenvalue weighted by atomic mass is 10.1. The fourth-order valence-electron chi connectivity index (χ4n) is 1.78. The molecule has 0 radical (unpaired) electrons. The lowest BCUT2D eigenvalue weighted by Crippen LogP contribution is -2.14. The first-order valence-electron chi connectivity index (χ1n) is 6.24. The van der Waals surface area contributed by atoms with Gasteiger partial charge < -0.3 is 15.7 Å². The van der Waals surface area contributed by atoms with Crippen LogP contribution in [0.5, 0.6) is 5.75 Å². The number of carbonyl (C=O) groups is 2. The monoisotopic (exact) mass is 306 g/mol. The van der Waals surface area contributed by atoms with Gasteiger partial charge in [-0.15, -0.1) is 0 Å². The van der Waals surface area contributed by atoms with Crippen molar-refractivity contribution in [2.24, 2.45) is 0 Å². The Morgan fingerprint density at radius 3 is 2.36 bits per heavy atom. The van der Waals surface area contributed by atoms with Gasteiger partial charge in [0.25, 0.3) is 5.91 Å². The van der Waals surface area contributed by atoms with Gasteiger partial charge in [-0.1, -0.05) is 0 Å². The molecule has 0 aliphatic heterocycles. The summed E-state index contributed by atoms with van der Waals surface area (Å²) in [5, 5.41) is 13.8. The minimum absolute atomic E-state index is 0.100. The lowest BCUT2D eigenvalue weighted by molar-refractivity contribution is -0.114. The standard InChI is InChI=1S/C15H12F2N2O3/c1-8(20)18-14-6-9(2-5-12(14)16)19-15(22)11-4-3-10(21)7-13(11)17/h2-7,21H,1H3,(H,18,20)(H,19,22). The molecule has 0 spiro atoms. The molecule has 114 valence electrons. The number of rotatable bonds is 3. The molecule has 0 bridgehead atoms. The molecular weight excluding hydrogens is 294 g/mol. The average molecular weight is 306 g/mol. The third-order valence-corrected chi connectivity index (χ3v) is 2.73. The molecule has 2 aromatic rings. The van der Waals surface area contributed by atoms with Crippen molar-refractivity contribution in [2.45, 2.75) is 6.92 Å². The summed E-state index contributed by atoms with van der Waals surface area (Å²) in [6.45, 7) is 1.22. The molecule has 0 aliphatic rings.